The van der Waals surface area contributed by atoms with E-state index in [2.05, 4.69) is 0 Å². The number of nitrogens with zero attached hydrogens (tertiary/aromatic N) is 3. The fourth-order valence-electron chi connectivity index (χ4n) is 3.52. The van der Waals surface area contributed by atoms with Gasteiger partial charge in [0.2, 0.25) is 0 Å². The predicted octanol–water partition coefficient (Wildman–Crippen LogP) is 5.13. The van der Waals surface area contributed by atoms with Crippen molar-refractivity contribution >= 4 is 38.4 Å². The first-order chi connectivity index (χ1) is 16.5. The molecule has 0 aliphatic heterocycles. The van der Waals surface area contributed by atoms with Gasteiger partial charge >= 0.3 is 0 Å². The Morgan fingerprint density at radius 2 is 1.56 bits per heavy atom. The number of carbonyl (C=O) groups excluding carboxylic acids is 2. The number of ether oxygens (including phenoxy) is 1. The first kappa shape index (κ1) is 23.6. The lowest BCUT2D eigenvalue weighted by atomic mass is 10.0. The average Bonchev–Trinajstić information content (AvgIpc) is 3.27. The number of rotatable bonds is 9. The number of hydrogen-bond donors (Lipinski definition) is 0. The number of likely N-dealkylation sites (N-methyl/N-ethyl adjacent to an activating group) is 1. The molecule has 0 saturated carbocycles. The number of carbonyl (C=O) groups is 2. The average molecular weight is 474 g/mol. The zero-order valence-electron chi connectivity index (χ0n) is 19.5. The van der Waals surface area contributed by atoms with Crippen LogP contribution in [0, 0.1) is 0 Å². The summed E-state index contributed by atoms with van der Waals surface area (Å²) in [5.74, 6) is 0.569. The summed E-state index contributed by atoms with van der Waals surface area (Å²) in [7, 11) is 3.94. The van der Waals surface area contributed by atoms with Crippen LogP contribution in [0.15, 0.2) is 72.8 Å². The number of ketones is 1. The Morgan fingerprint density at radius 3 is 2.24 bits per heavy atom. The molecule has 4 rings (SSSR count). The third-order valence-corrected chi connectivity index (χ3v) is 6.38. The van der Waals surface area contributed by atoms with E-state index in [4.69, 9.17) is 9.72 Å². The molecule has 0 fully saturated rings. The molecule has 1 heterocycles. The standard InChI is InChI=1S/C27H27N3O3S/c1-4-33-22-14-15-23-24(18-22)34-27(28-23)30(17-16-29(2)3)26(32)21-12-10-20(11-13-21)25(31)19-8-6-5-7-9-19/h5-15,18H,4,16-17H2,1-3H3. The molecule has 7 heteroatoms. The van der Waals surface area contributed by atoms with E-state index in [1.165, 1.54) is 11.3 Å². The highest BCUT2D eigenvalue weighted by Crippen LogP contribution is 2.32. The molecule has 0 atom stereocenters. The Kier molecular flexibility index (Phi) is 7.35. The van der Waals surface area contributed by atoms with Crippen molar-refractivity contribution in [2.75, 3.05) is 38.7 Å². The van der Waals surface area contributed by atoms with E-state index in [0.29, 0.717) is 41.5 Å². The molecule has 34 heavy (non-hydrogen) atoms. The molecule has 0 N–H and O–H groups in total. The van der Waals surface area contributed by atoms with Gasteiger partial charge in [0, 0.05) is 29.8 Å². The number of hydrogen-bond acceptors (Lipinski definition) is 6. The quantitative estimate of drug-likeness (QED) is 0.315. The van der Waals surface area contributed by atoms with Crippen molar-refractivity contribution in [2.24, 2.45) is 0 Å². The van der Waals surface area contributed by atoms with E-state index in [9.17, 15) is 9.59 Å². The Morgan fingerprint density at radius 1 is 0.882 bits per heavy atom. The molecular formula is C27H27N3O3S. The number of aromatic nitrogens is 1. The first-order valence-corrected chi connectivity index (χ1v) is 12.0. The zero-order valence-corrected chi connectivity index (χ0v) is 20.3. The summed E-state index contributed by atoms with van der Waals surface area (Å²) in [6.07, 6.45) is 0. The van der Waals surface area contributed by atoms with Gasteiger partial charge in [-0.15, -0.1) is 0 Å². The van der Waals surface area contributed by atoms with Crippen LogP contribution < -0.4 is 9.64 Å². The minimum absolute atomic E-state index is 0.0691. The van der Waals surface area contributed by atoms with Crippen molar-refractivity contribution < 1.29 is 14.3 Å². The topological polar surface area (TPSA) is 62.7 Å². The van der Waals surface area contributed by atoms with Gasteiger partial charge in [0.1, 0.15) is 5.75 Å². The summed E-state index contributed by atoms with van der Waals surface area (Å²) in [4.78, 5) is 34.7. The van der Waals surface area contributed by atoms with Crippen LogP contribution in [-0.2, 0) is 0 Å². The van der Waals surface area contributed by atoms with E-state index in [1.807, 2.05) is 62.3 Å². The van der Waals surface area contributed by atoms with Gasteiger partial charge in [-0.25, -0.2) is 4.98 Å². The van der Waals surface area contributed by atoms with Crippen LogP contribution in [0.4, 0.5) is 5.13 Å². The molecule has 0 saturated heterocycles. The minimum atomic E-state index is -0.148. The second-order valence-electron chi connectivity index (χ2n) is 8.09. The van der Waals surface area contributed by atoms with Crippen LogP contribution in [0.25, 0.3) is 10.2 Å². The summed E-state index contributed by atoms with van der Waals surface area (Å²) in [6.45, 7) is 3.72. The van der Waals surface area contributed by atoms with E-state index < -0.39 is 0 Å². The van der Waals surface area contributed by atoms with Crippen molar-refractivity contribution in [3.63, 3.8) is 0 Å². The van der Waals surface area contributed by atoms with Crippen LogP contribution >= 0.6 is 11.3 Å². The van der Waals surface area contributed by atoms with E-state index >= 15 is 0 Å². The normalized spacial score (nSPS) is 11.1. The third kappa shape index (κ3) is 5.32. The number of amides is 1. The molecule has 0 aliphatic rings. The Hall–Kier alpha value is -3.55. The Balaban J connectivity index is 1.61. The molecule has 3 aromatic carbocycles. The minimum Gasteiger partial charge on any atom is -0.494 e. The van der Waals surface area contributed by atoms with Crippen LogP contribution in [0.2, 0.25) is 0 Å². The zero-order chi connectivity index (χ0) is 24.1. The Bertz CT molecular complexity index is 1280. The largest absolute Gasteiger partial charge is 0.494 e. The number of benzene rings is 3. The van der Waals surface area contributed by atoms with Crippen molar-refractivity contribution in [2.45, 2.75) is 6.92 Å². The molecule has 1 amide bonds. The highest BCUT2D eigenvalue weighted by molar-refractivity contribution is 7.22. The molecule has 0 aliphatic carbocycles. The Labute approximate surface area is 203 Å². The summed E-state index contributed by atoms with van der Waals surface area (Å²) < 4.78 is 6.57. The maximum Gasteiger partial charge on any atom is 0.260 e. The van der Waals surface area contributed by atoms with Crippen LogP contribution in [0.5, 0.6) is 5.75 Å². The number of anilines is 1. The van der Waals surface area contributed by atoms with Crippen LogP contribution in [0.3, 0.4) is 0 Å². The van der Waals surface area contributed by atoms with Gasteiger partial charge in [0.05, 0.1) is 16.8 Å². The van der Waals surface area contributed by atoms with Crippen LogP contribution in [0.1, 0.15) is 33.2 Å². The SMILES string of the molecule is CCOc1ccc2nc(N(CCN(C)C)C(=O)c3ccc(C(=O)c4ccccc4)cc3)sc2c1. The smallest absolute Gasteiger partial charge is 0.260 e. The second-order valence-corrected chi connectivity index (χ2v) is 9.10. The maximum absolute atomic E-state index is 13.5. The first-order valence-electron chi connectivity index (χ1n) is 11.2. The van der Waals surface area contributed by atoms with E-state index in [-0.39, 0.29) is 11.7 Å². The second kappa shape index (κ2) is 10.6. The molecular weight excluding hydrogens is 446 g/mol. The fourth-order valence-corrected chi connectivity index (χ4v) is 4.54. The van der Waals surface area contributed by atoms with Crippen LogP contribution in [-0.4, -0.2) is 55.4 Å². The van der Waals surface area contributed by atoms with Gasteiger partial charge in [-0.2, -0.15) is 0 Å². The van der Waals surface area contributed by atoms with E-state index in [0.717, 1.165) is 16.0 Å². The maximum atomic E-state index is 13.5. The molecule has 0 unspecified atom stereocenters. The molecule has 6 nitrogen and oxygen atoms in total. The number of fused-ring (bicyclic) bond motifs is 1. The monoisotopic (exact) mass is 473 g/mol. The lowest BCUT2D eigenvalue weighted by molar-refractivity contribution is 0.0982. The van der Waals surface area contributed by atoms with Crippen molar-refractivity contribution in [1.82, 2.24) is 9.88 Å². The highest BCUT2D eigenvalue weighted by Gasteiger charge is 2.22. The van der Waals surface area contributed by atoms with Gasteiger partial charge < -0.3 is 9.64 Å². The molecule has 0 radical (unpaired) electrons. The third-order valence-electron chi connectivity index (χ3n) is 5.34. The van der Waals surface area contributed by atoms with Crippen molar-refractivity contribution in [3.05, 3.63) is 89.5 Å². The molecule has 0 spiro atoms. The summed E-state index contributed by atoms with van der Waals surface area (Å²) in [5.41, 5.74) is 2.51. The van der Waals surface area contributed by atoms with Crippen molar-refractivity contribution in [3.8, 4) is 5.75 Å². The van der Waals surface area contributed by atoms with Gasteiger partial charge in [-0.05, 0) is 51.4 Å². The summed E-state index contributed by atoms with van der Waals surface area (Å²) in [5, 5.41) is 0.639. The lowest BCUT2D eigenvalue weighted by Gasteiger charge is -2.22. The van der Waals surface area contributed by atoms with Gasteiger partial charge in [0.15, 0.2) is 10.9 Å². The van der Waals surface area contributed by atoms with E-state index in [1.54, 1.807) is 41.3 Å². The molecule has 1 aromatic heterocycles. The van der Waals surface area contributed by atoms with Gasteiger partial charge in [-0.3, -0.25) is 14.5 Å². The lowest BCUT2D eigenvalue weighted by Crippen LogP contribution is -2.36. The highest BCUT2D eigenvalue weighted by atomic mass is 32.1. The number of thiazole rings is 1. The molecule has 0 bridgehead atoms. The van der Waals surface area contributed by atoms with Crippen molar-refractivity contribution in [1.29, 1.82) is 0 Å². The summed E-state index contributed by atoms with van der Waals surface area (Å²) in [6, 6.07) is 21.7. The predicted molar refractivity (Wildman–Crippen MR) is 137 cm³/mol. The molecule has 4 aromatic rings. The summed E-state index contributed by atoms with van der Waals surface area (Å²) >= 11 is 1.47. The fraction of sp³-hybridized carbons (Fsp3) is 0.222. The van der Waals surface area contributed by atoms with Gasteiger partial charge in [-0.1, -0.05) is 53.8 Å². The van der Waals surface area contributed by atoms with Gasteiger partial charge in [0.25, 0.3) is 5.91 Å². The molecule has 174 valence electrons.